The summed E-state index contributed by atoms with van der Waals surface area (Å²) in [5, 5.41) is 0. The summed E-state index contributed by atoms with van der Waals surface area (Å²) in [5.74, 6) is 1.20. The lowest BCUT2D eigenvalue weighted by Crippen LogP contribution is -2.33. The summed E-state index contributed by atoms with van der Waals surface area (Å²) >= 11 is 0. The summed E-state index contributed by atoms with van der Waals surface area (Å²) in [5.41, 5.74) is 2.51. The topological polar surface area (TPSA) is 45.9 Å². The van der Waals surface area contributed by atoms with Crippen LogP contribution in [0.2, 0.25) is 0 Å². The van der Waals surface area contributed by atoms with Gasteiger partial charge in [0.25, 0.3) is 5.91 Å². The zero-order valence-corrected chi connectivity index (χ0v) is 16.7. The Labute approximate surface area is 167 Å². The van der Waals surface area contributed by atoms with Crippen LogP contribution in [0.15, 0.2) is 40.8 Å². The van der Waals surface area contributed by atoms with Gasteiger partial charge in [-0.2, -0.15) is 0 Å². The molecule has 28 heavy (non-hydrogen) atoms. The molecule has 1 fully saturated rings. The van der Waals surface area contributed by atoms with E-state index in [-0.39, 0.29) is 12.0 Å². The molecule has 1 amide bonds. The molecule has 150 valence electrons. The first kappa shape index (κ1) is 19.2. The maximum absolute atomic E-state index is 12.9. The fourth-order valence-corrected chi connectivity index (χ4v) is 4.24. The number of carbonyl (C=O) groups is 1. The second kappa shape index (κ2) is 8.93. The van der Waals surface area contributed by atoms with Crippen LogP contribution in [-0.4, -0.2) is 49.0 Å². The highest BCUT2D eigenvalue weighted by atomic mass is 16.5. The van der Waals surface area contributed by atoms with Crippen molar-refractivity contribution in [1.82, 2.24) is 9.80 Å². The first-order chi connectivity index (χ1) is 13.7. The molecule has 4 rings (SSSR count). The van der Waals surface area contributed by atoms with E-state index in [2.05, 4.69) is 23.1 Å². The van der Waals surface area contributed by atoms with Crippen molar-refractivity contribution in [3.63, 3.8) is 0 Å². The third kappa shape index (κ3) is 4.47. The average molecular weight is 383 g/mol. The Morgan fingerprint density at radius 2 is 1.89 bits per heavy atom. The first-order valence-corrected chi connectivity index (χ1v) is 10.5. The number of hydrogen-bond donors (Lipinski definition) is 0. The van der Waals surface area contributed by atoms with Gasteiger partial charge in [-0.1, -0.05) is 37.1 Å². The zero-order chi connectivity index (χ0) is 19.3. The zero-order valence-electron chi connectivity index (χ0n) is 16.7. The van der Waals surface area contributed by atoms with Gasteiger partial charge in [-0.25, -0.2) is 0 Å². The van der Waals surface area contributed by atoms with Gasteiger partial charge in [0.1, 0.15) is 11.9 Å². The molecule has 1 saturated heterocycles. The van der Waals surface area contributed by atoms with Crippen molar-refractivity contribution in [2.24, 2.45) is 0 Å². The average Bonchev–Trinajstić information content (AvgIpc) is 3.03. The summed E-state index contributed by atoms with van der Waals surface area (Å²) in [4.78, 5) is 17.0. The molecule has 3 heterocycles. The van der Waals surface area contributed by atoms with Crippen LogP contribution in [-0.2, 0) is 17.7 Å². The van der Waals surface area contributed by atoms with Crippen molar-refractivity contribution in [3.05, 3.63) is 59.0 Å². The summed E-state index contributed by atoms with van der Waals surface area (Å²) in [6, 6.07) is 12.1. The molecular formula is C23H30N2O3. The summed E-state index contributed by atoms with van der Waals surface area (Å²) in [6.45, 7) is 4.24. The Bertz CT molecular complexity index is 793. The highest BCUT2D eigenvalue weighted by Crippen LogP contribution is 2.28. The molecule has 0 aliphatic carbocycles. The highest BCUT2D eigenvalue weighted by Gasteiger charge is 2.25. The van der Waals surface area contributed by atoms with E-state index in [0.29, 0.717) is 18.9 Å². The van der Waals surface area contributed by atoms with Gasteiger partial charge in [0.15, 0.2) is 5.76 Å². The van der Waals surface area contributed by atoms with Crippen LogP contribution in [0.1, 0.15) is 59.2 Å². The SMILES string of the molecule is CN(C[C@H]1OCCc2ccccc21)C(=O)c1ccc(CN2CCCCCC2)o1. The number of ether oxygens (including phenoxy) is 1. The predicted octanol–water partition coefficient (Wildman–Crippen LogP) is 4.04. The number of benzene rings is 1. The fraction of sp³-hybridized carbons (Fsp3) is 0.522. The summed E-state index contributed by atoms with van der Waals surface area (Å²) in [6.07, 6.45) is 5.98. The number of likely N-dealkylation sites (tertiary alicyclic amines) is 1. The number of furan rings is 1. The lowest BCUT2D eigenvalue weighted by atomic mass is 9.97. The minimum absolute atomic E-state index is 0.0783. The lowest BCUT2D eigenvalue weighted by molar-refractivity contribution is 0.0191. The molecule has 2 aliphatic heterocycles. The monoisotopic (exact) mass is 382 g/mol. The Hall–Kier alpha value is -2.11. The van der Waals surface area contributed by atoms with Crippen LogP contribution in [0.25, 0.3) is 0 Å². The summed E-state index contributed by atoms with van der Waals surface area (Å²) in [7, 11) is 1.82. The molecule has 0 saturated carbocycles. The van der Waals surface area contributed by atoms with Crippen LogP contribution in [0, 0.1) is 0 Å². The van der Waals surface area contributed by atoms with Crippen molar-refractivity contribution in [1.29, 1.82) is 0 Å². The highest BCUT2D eigenvalue weighted by molar-refractivity contribution is 5.91. The first-order valence-electron chi connectivity index (χ1n) is 10.5. The predicted molar refractivity (Wildman–Crippen MR) is 108 cm³/mol. The minimum atomic E-state index is -0.0891. The third-order valence-electron chi connectivity index (χ3n) is 5.83. The minimum Gasteiger partial charge on any atom is -0.455 e. The molecule has 0 radical (unpaired) electrons. The molecule has 0 spiro atoms. The molecule has 0 bridgehead atoms. The van der Waals surface area contributed by atoms with Gasteiger partial charge in [0.05, 0.1) is 19.7 Å². The third-order valence-corrected chi connectivity index (χ3v) is 5.83. The number of fused-ring (bicyclic) bond motifs is 1. The maximum Gasteiger partial charge on any atom is 0.289 e. The molecule has 0 N–H and O–H groups in total. The van der Waals surface area contributed by atoms with E-state index < -0.39 is 0 Å². The van der Waals surface area contributed by atoms with E-state index in [1.165, 1.54) is 36.8 Å². The standard InChI is InChI=1S/C23H30N2O3/c1-24(17-22-20-9-5-4-8-18(20)12-15-27-22)23(26)21-11-10-19(28-21)16-25-13-6-2-3-7-14-25/h4-5,8-11,22H,2-3,6-7,12-17H2,1H3/t22-/m1/s1. The van der Waals surface area contributed by atoms with Gasteiger partial charge in [0.2, 0.25) is 0 Å². The molecule has 1 aromatic heterocycles. The molecule has 0 unspecified atom stereocenters. The Morgan fingerprint density at radius 1 is 1.11 bits per heavy atom. The molecule has 1 atom stereocenters. The molecule has 1 aromatic carbocycles. The van der Waals surface area contributed by atoms with Gasteiger partial charge in [-0.05, 0) is 55.6 Å². The number of likely N-dealkylation sites (N-methyl/N-ethyl adjacent to an activating group) is 1. The second-order valence-corrected chi connectivity index (χ2v) is 7.95. The number of amides is 1. The largest absolute Gasteiger partial charge is 0.455 e. The Morgan fingerprint density at radius 3 is 2.71 bits per heavy atom. The van der Waals surface area contributed by atoms with Crippen molar-refractivity contribution in [2.75, 3.05) is 33.3 Å². The van der Waals surface area contributed by atoms with Crippen LogP contribution < -0.4 is 0 Å². The fourth-order valence-electron chi connectivity index (χ4n) is 4.24. The van der Waals surface area contributed by atoms with E-state index in [1.807, 2.05) is 25.2 Å². The van der Waals surface area contributed by atoms with Crippen molar-refractivity contribution in [2.45, 2.75) is 44.8 Å². The van der Waals surface area contributed by atoms with Crippen LogP contribution in [0.5, 0.6) is 0 Å². The van der Waals surface area contributed by atoms with Gasteiger partial charge in [-0.15, -0.1) is 0 Å². The molecular weight excluding hydrogens is 352 g/mol. The van der Waals surface area contributed by atoms with E-state index in [1.54, 1.807) is 4.90 Å². The van der Waals surface area contributed by atoms with E-state index >= 15 is 0 Å². The summed E-state index contributed by atoms with van der Waals surface area (Å²) < 4.78 is 11.8. The van der Waals surface area contributed by atoms with Crippen molar-refractivity contribution < 1.29 is 13.9 Å². The van der Waals surface area contributed by atoms with E-state index in [9.17, 15) is 4.79 Å². The van der Waals surface area contributed by atoms with Gasteiger partial charge < -0.3 is 14.1 Å². The lowest BCUT2D eigenvalue weighted by Gasteiger charge is -2.29. The second-order valence-electron chi connectivity index (χ2n) is 7.95. The van der Waals surface area contributed by atoms with E-state index in [4.69, 9.17) is 9.15 Å². The number of hydrogen-bond acceptors (Lipinski definition) is 4. The van der Waals surface area contributed by atoms with Crippen LogP contribution in [0.3, 0.4) is 0 Å². The maximum atomic E-state index is 12.9. The molecule has 2 aromatic rings. The Balaban J connectivity index is 1.37. The Kier molecular flexibility index (Phi) is 6.13. The van der Waals surface area contributed by atoms with Gasteiger partial charge in [-0.3, -0.25) is 9.69 Å². The van der Waals surface area contributed by atoms with Crippen molar-refractivity contribution >= 4 is 5.91 Å². The number of nitrogens with zero attached hydrogens (tertiary/aromatic N) is 2. The van der Waals surface area contributed by atoms with Crippen molar-refractivity contribution in [3.8, 4) is 0 Å². The number of rotatable bonds is 5. The smallest absolute Gasteiger partial charge is 0.289 e. The molecule has 2 aliphatic rings. The molecule has 5 heteroatoms. The number of carbonyl (C=O) groups excluding carboxylic acids is 1. The van der Waals surface area contributed by atoms with Gasteiger partial charge >= 0.3 is 0 Å². The normalized spacial score (nSPS) is 20.4. The quantitative estimate of drug-likeness (QED) is 0.783. The van der Waals surface area contributed by atoms with Crippen LogP contribution in [0.4, 0.5) is 0 Å². The van der Waals surface area contributed by atoms with Crippen LogP contribution >= 0.6 is 0 Å². The van der Waals surface area contributed by atoms with E-state index in [0.717, 1.165) is 31.8 Å². The van der Waals surface area contributed by atoms with Gasteiger partial charge in [0, 0.05) is 7.05 Å². The molecule has 5 nitrogen and oxygen atoms in total.